The highest BCUT2D eigenvalue weighted by Gasteiger charge is 2.18. The van der Waals surface area contributed by atoms with E-state index in [9.17, 15) is 18.0 Å². The van der Waals surface area contributed by atoms with Crippen LogP contribution >= 0.6 is 0 Å². The number of nitrogens with zero attached hydrogens (tertiary/aromatic N) is 1. The van der Waals surface area contributed by atoms with Crippen LogP contribution in [-0.2, 0) is 26.0 Å². The van der Waals surface area contributed by atoms with Crippen LogP contribution in [0.5, 0.6) is 0 Å². The largest absolute Gasteiger partial charge is 0.350 e. The lowest BCUT2D eigenvalue weighted by Gasteiger charge is -2.24. The second kappa shape index (κ2) is 8.28. The SMILES string of the molecule is CS(=O)(=O)c1ccc(CNC(=O)CN2CCCCCCC2=O)cc1. The summed E-state index contributed by atoms with van der Waals surface area (Å²) in [6.45, 7) is 1.03. The lowest BCUT2D eigenvalue weighted by molar-refractivity contribution is -0.136. The third kappa shape index (κ3) is 5.63. The zero-order valence-corrected chi connectivity index (χ0v) is 14.8. The van der Waals surface area contributed by atoms with Gasteiger partial charge in [0.15, 0.2) is 9.84 Å². The van der Waals surface area contributed by atoms with Crippen molar-refractivity contribution in [3.05, 3.63) is 29.8 Å². The predicted molar refractivity (Wildman–Crippen MR) is 91.1 cm³/mol. The molecular formula is C17H24N2O4S. The predicted octanol–water partition coefficient (Wildman–Crippen LogP) is 1.50. The van der Waals surface area contributed by atoms with Gasteiger partial charge >= 0.3 is 0 Å². The Morgan fingerprint density at radius 3 is 2.46 bits per heavy atom. The monoisotopic (exact) mass is 352 g/mol. The Morgan fingerprint density at radius 1 is 1.12 bits per heavy atom. The van der Waals surface area contributed by atoms with Gasteiger partial charge in [-0.05, 0) is 30.5 Å². The molecule has 1 saturated heterocycles. The number of sulfone groups is 1. The number of carbonyl (C=O) groups excluding carboxylic acids is 2. The zero-order valence-electron chi connectivity index (χ0n) is 14.0. The molecule has 0 unspecified atom stereocenters. The Morgan fingerprint density at radius 2 is 1.79 bits per heavy atom. The summed E-state index contributed by atoms with van der Waals surface area (Å²) in [6, 6.07) is 6.41. The number of hydrogen-bond donors (Lipinski definition) is 1. The number of amides is 2. The fraction of sp³-hybridized carbons (Fsp3) is 0.529. The molecule has 1 aliphatic heterocycles. The quantitative estimate of drug-likeness (QED) is 0.870. The van der Waals surface area contributed by atoms with Crippen LogP contribution in [0.25, 0.3) is 0 Å². The highest BCUT2D eigenvalue weighted by molar-refractivity contribution is 7.90. The van der Waals surface area contributed by atoms with Gasteiger partial charge in [-0.3, -0.25) is 9.59 Å². The second-order valence-corrected chi connectivity index (χ2v) is 8.19. The fourth-order valence-corrected chi connectivity index (χ4v) is 3.30. The van der Waals surface area contributed by atoms with Crippen molar-refractivity contribution in [2.24, 2.45) is 0 Å². The minimum Gasteiger partial charge on any atom is -0.350 e. The summed E-state index contributed by atoms with van der Waals surface area (Å²) in [5.74, 6) is -0.154. The highest BCUT2D eigenvalue weighted by atomic mass is 32.2. The first kappa shape index (κ1) is 18.4. The van der Waals surface area contributed by atoms with Crippen molar-refractivity contribution in [1.82, 2.24) is 10.2 Å². The Hall–Kier alpha value is -1.89. The van der Waals surface area contributed by atoms with Crippen LogP contribution < -0.4 is 5.32 Å². The molecule has 1 fully saturated rings. The van der Waals surface area contributed by atoms with E-state index in [0.717, 1.165) is 37.5 Å². The van der Waals surface area contributed by atoms with Gasteiger partial charge in [0.25, 0.3) is 0 Å². The van der Waals surface area contributed by atoms with Gasteiger partial charge in [0.2, 0.25) is 11.8 Å². The van der Waals surface area contributed by atoms with Gasteiger partial charge in [-0.2, -0.15) is 0 Å². The number of rotatable bonds is 5. The molecule has 0 spiro atoms. The van der Waals surface area contributed by atoms with Crippen LogP contribution in [0.4, 0.5) is 0 Å². The van der Waals surface area contributed by atoms with Gasteiger partial charge in [0, 0.05) is 25.8 Å². The Labute approximate surface area is 143 Å². The third-order valence-corrected chi connectivity index (χ3v) is 5.23. The molecule has 0 aromatic heterocycles. The molecule has 1 aliphatic rings. The first-order valence-electron chi connectivity index (χ1n) is 8.20. The van der Waals surface area contributed by atoms with Gasteiger partial charge in [0.05, 0.1) is 11.4 Å². The molecule has 2 rings (SSSR count). The van der Waals surface area contributed by atoms with Crippen LogP contribution in [0, 0.1) is 0 Å². The molecule has 6 nitrogen and oxygen atoms in total. The van der Waals surface area contributed by atoms with Crippen molar-refractivity contribution in [3.63, 3.8) is 0 Å². The molecule has 0 atom stereocenters. The Bertz CT molecular complexity index is 683. The molecule has 7 heteroatoms. The molecule has 2 amide bonds. The van der Waals surface area contributed by atoms with Gasteiger partial charge in [-0.15, -0.1) is 0 Å². The van der Waals surface area contributed by atoms with E-state index in [0.29, 0.717) is 19.5 Å². The maximum absolute atomic E-state index is 12.1. The van der Waals surface area contributed by atoms with Gasteiger partial charge in [0.1, 0.15) is 0 Å². The van der Waals surface area contributed by atoms with Crippen molar-refractivity contribution >= 4 is 21.7 Å². The standard InChI is InChI=1S/C17H24N2O4S/c1-24(22,23)15-9-7-14(8-10-15)12-18-16(20)13-19-11-5-3-2-4-6-17(19)21/h7-10H,2-6,11-13H2,1H3,(H,18,20). The van der Waals surface area contributed by atoms with E-state index in [1.54, 1.807) is 17.0 Å². The summed E-state index contributed by atoms with van der Waals surface area (Å²) in [5.41, 5.74) is 0.815. The molecule has 24 heavy (non-hydrogen) atoms. The second-order valence-electron chi connectivity index (χ2n) is 6.17. The summed E-state index contributed by atoms with van der Waals surface area (Å²) in [6.07, 6.45) is 5.67. The topological polar surface area (TPSA) is 83.6 Å². The number of carbonyl (C=O) groups is 2. The number of benzene rings is 1. The fourth-order valence-electron chi connectivity index (χ4n) is 2.67. The molecule has 0 bridgehead atoms. The van der Waals surface area contributed by atoms with E-state index in [-0.39, 0.29) is 23.3 Å². The molecule has 0 saturated carbocycles. The van der Waals surface area contributed by atoms with Crippen molar-refractivity contribution in [2.75, 3.05) is 19.3 Å². The van der Waals surface area contributed by atoms with Crippen LogP contribution in [0.2, 0.25) is 0 Å². The summed E-state index contributed by atoms with van der Waals surface area (Å²) in [5, 5.41) is 2.78. The zero-order chi connectivity index (χ0) is 17.6. The van der Waals surface area contributed by atoms with Crippen LogP contribution in [0.1, 0.15) is 37.7 Å². The van der Waals surface area contributed by atoms with Crippen molar-refractivity contribution in [1.29, 1.82) is 0 Å². The smallest absolute Gasteiger partial charge is 0.239 e. The van der Waals surface area contributed by atoms with E-state index < -0.39 is 9.84 Å². The first-order valence-corrected chi connectivity index (χ1v) is 10.1. The van der Waals surface area contributed by atoms with Gasteiger partial charge in [-0.1, -0.05) is 25.0 Å². The summed E-state index contributed by atoms with van der Waals surface area (Å²) >= 11 is 0. The van der Waals surface area contributed by atoms with Crippen molar-refractivity contribution < 1.29 is 18.0 Å². The minimum absolute atomic E-state index is 0.0438. The molecular weight excluding hydrogens is 328 g/mol. The average molecular weight is 352 g/mol. The Kier molecular flexibility index (Phi) is 6.36. The van der Waals surface area contributed by atoms with Crippen LogP contribution in [0.15, 0.2) is 29.2 Å². The number of nitrogens with one attached hydrogen (secondary N) is 1. The maximum Gasteiger partial charge on any atom is 0.239 e. The molecule has 132 valence electrons. The number of likely N-dealkylation sites (tertiary alicyclic amines) is 1. The minimum atomic E-state index is -3.21. The van der Waals surface area contributed by atoms with Gasteiger partial charge in [-0.25, -0.2) is 8.42 Å². The first-order chi connectivity index (χ1) is 11.4. The third-order valence-electron chi connectivity index (χ3n) is 4.10. The Balaban J connectivity index is 1.85. The van der Waals surface area contributed by atoms with Crippen molar-refractivity contribution in [2.45, 2.75) is 43.5 Å². The van der Waals surface area contributed by atoms with E-state index in [4.69, 9.17) is 0 Å². The summed E-state index contributed by atoms with van der Waals surface area (Å²) in [4.78, 5) is 25.9. The van der Waals surface area contributed by atoms with Crippen molar-refractivity contribution in [3.8, 4) is 0 Å². The molecule has 0 aliphatic carbocycles. The van der Waals surface area contributed by atoms with E-state index in [1.807, 2.05) is 0 Å². The highest BCUT2D eigenvalue weighted by Crippen LogP contribution is 2.12. The summed E-state index contributed by atoms with van der Waals surface area (Å²) < 4.78 is 22.8. The number of hydrogen-bond acceptors (Lipinski definition) is 4. The summed E-state index contributed by atoms with van der Waals surface area (Å²) in [7, 11) is -3.21. The maximum atomic E-state index is 12.1. The van der Waals surface area contributed by atoms with E-state index in [2.05, 4.69) is 5.32 Å². The molecule has 1 aromatic rings. The average Bonchev–Trinajstić information content (AvgIpc) is 2.52. The molecule has 1 aromatic carbocycles. The molecule has 1 N–H and O–H groups in total. The van der Waals surface area contributed by atoms with E-state index in [1.165, 1.54) is 12.1 Å². The lowest BCUT2D eigenvalue weighted by Crippen LogP contribution is -2.41. The lowest BCUT2D eigenvalue weighted by atomic mass is 10.1. The van der Waals surface area contributed by atoms with Gasteiger partial charge < -0.3 is 10.2 Å². The van der Waals surface area contributed by atoms with E-state index >= 15 is 0 Å². The van der Waals surface area contributed by atoms with Crippen LogP contribution in [0.3, 0.4) is 0 Å². The molecule has 1 heterocycles. The molecule has 0 radical (unpaired) electrons. The van der Waals surface area contributed by atoms with Crippen LogP contribution in [-0.4, -0.2) is 44.5 Å². The normalized spacial score (nSPS) is 16.4.